The highest BCUT2D eigenvalue weighted by molar-refractivity contribution is 7.80. The van der Waals surface area contributed by atoms with E-state index in [1.165, 1.54) is 0 Å². The monoisotopic (exact) mass is 265 g/mol. The molecule has 2 unspecified atom stereocenters. The zero-order valence-corrected chi connectivity index (χ0v) is 11.6. The molecule has 1 aliphatic heterocycles. The molecule has 2 heterocycles. The quantitative estimate of drug-likeness (QED) is 0.841. The molecule has 1 aromatic rings. The maximum Gasteiger partial charge on any atom is 0.106 e. The van der Waals surface area contributed by atoms with Gasteiger partial charge < -0.3 is 15.4 Å². The predicted molar refractivity (Wildman–Crippen MR) is 76.9 cm³/mol. The molecule has 2 N–H and O–H groups in total. The van der Waals surface area contributed by atoms with E-state index in [0.717, 1.165) is 30.8 Å². The van der Waals surface area contributed by atoms with E-state index in [-0.39, 0.29) is 6.10 Å². The lowest BCUT2D eigenvalue weighted by Gasteiger charge is -2.38. The summed E-state index contributed by atoms with van der Waals surface area (Å²) in [5.41, 5.74) is 7.67. The molecular formula is C13H19N3OS. The van der Waals surface area contributed by atoms with Gasteiger partial charge in [0.25, 0.3) is 0 Å². The van der Waals surface area contributed by atoms with E-state index in [9.17, 15) is 0 Å². The van der Waals surface area contributed by atoms with Gasteiger partial charge in [-0.1, -0.05) is 19.1 Å². The van der Waals surface area contributed by atoms with Crippen LogP contribution in [0.2, 0.25) is 0 Å². The van der Waals surface area contributed by atoms with Crippen molar-refractivity contribution in [1.29, 1.82) is 0 Å². The second-order valence-corrected chi connectivity index (χ2v) is 5.18. The smallest absolute Gasteiger partial charge is 0.106 e. The van der Waals surface area contributed by atoms with Crippen LogP contribution < -0.4 is 10.6 Å². The molecule has 0 aromatic carbocycles. The molecule has 0 spiro atoms. The van der Waals surface area contributed by atoms with Crippen LogP contribution in [0.1, 0.15) is 18.9 Å². The third-order valence-corrected chi connectivity index (χ3v) is 3.82. The lowest BCUT2D eigenvalue weighted by atomic mass is 9.95. The normalized spacial score (nSPS) is 24.0. The minimum absolute atomic E-state index is 0.248. The van der Waals surface area contributed by atoms with Crippen molar-refractivity contribution in [2.24, 2.45) is 11.7 Å². The Bertz CT molecular complexity index is 438. The van der Waals surface area contributed by atoms with E-state index in [1.807, 2.05) is 12.3 Å². The predicted octanol–water partition coefficient (Wildman–Crippen LogP) is 1.58. The highest BCUT2D eigenvalue weighted by Gasteiger charge is 2.27. The number of rotatable bonds is 3. The van der Waals surface area contributed by atoms with Gasteiger partial charge in [-0.3, -0.25) is 4.98 Å². The van der Waals surface area contributed by atoms with Crippen LogP contribution in [-0.2, 0) is 4.74 Å². The Morgan fingerprint density at radius 2 is 2.39 bits per heavy atom. The minimum Gasteiger partial charge on any atom is -0.389 e. The van der Waals surface area contributed by atoms with Crippen molar-refractivity contribution in [3.8, 4) is 0 Å². The first-order valence-corrected chi connectivity index (χ1v) is 6.56. The number of methoxy groups -OCH3 is 1. The summed E-state index contributed by atoms with van der Waals surface area (Å²) in [5, 5.41) is 0. The molecule has 0 amide bonds. The lowest BCUT2D eigenvalue weighted by Crippen LogP contribution is -2.44. The van der Waals surface area contributed by atoms with E-state index in [0.29, 0.717) is 10.9 Å². The minimum atomic E-state index is 0.248. The van der Waals surface area contributed by atoms with Crippen molar-refractivity contribution in [2.45, 2.75) is 19.4 Å². The average molecular weight is 265 g/mol. The van der Waals surface area contributed by atoms with Crippen LogP contribution in [0.5, 0.6) is 0 Å². The van der Waals surface area contributed by atoms with Crippen molar-refractivity contribution in [1.82, 2.24) is 4.98 Å². The average Bonchev–Trinajstić information content (AvgIpc) is 2.39. The number of anilines is 1. The molecule has 0 saturated carbocycles. The van der Waals surface area contributed by atoms with Gasteiger partial charge in [0.05, 0.1) is 18.0 Å². The first-order chi connectivity index (χ1) is 8.63. The molecule has 1 aromatic heterocycles. The van der Waals surface area contributed by atoms with Crippen LogP contribution in [0.4, 0.5) is 5.69 Å². The molecule has 4 nitrogen and oxygen atoms in total. The van der Waals surface area contributed by atoms with Gasteiger partial charge >= 0.3 is 0 Å². The van der Waals surface area contributed by atoms with E-state index >= 15 is 0 Å². The summed E-state index contributed by atoms with van der Waals surface area (Å²) >= 11 is 5.09. The van der Waals surface area contributed by atoms with Crippen LogP contribution in [0, 0.1) is 5.92 Å². The van der Waals surface area contributed by atoms with Crippen molar-refractivity contribution in [2.75, 3.05) is 25.1 Å². The highest BCUT2D eigenvalue weighted by atomic mass is 32.1. The fraction of sp³-hybridized carbons (Fsp3) is 0.538. The van der Waals surface area contributed by atoms with Gasteiger partial charge in [0.2, 0.25) is 0 Å². The molecule has 1 saturated heterocycles. The summed E-state index contributed by atoms with van der Waals surface area (Å²) in [6.45, 7) is 4.07. The second kappa shape index (κ2) is 5.63. The van der Waals surface area contributed by atoms with Gasteiger partial charge in [-0.2, -0.15) is 0 Å². The van der Waals surface area contributed by atoms with E-state index < -0.39 is 0 Å². The zero-order chi connectivity index (χ0) is 13.1. The largest absolute Gasteiger partial charge is 0.389 e. The molecule has 0 aliphatic carbocycles. The molecule has 0 radical (unpaired) electrons. The Balaban J connectivity index is 2.24. The highest BCUT2D eigenvalue weighted by Crippen LogP contribution is 2.26. The Morgan fingerprint density at radius 1 is 1.61 bits per heavy atom. The van der Waals surface area contributed by atoms with Gasteiger partial charge in [-0.25, -0.2) is 0 Å². The van der Waals surface area contributed by atoms with Gasteiger partial charge in [-0.05, 0) is 18.4 Å². The molecule has 1 aliphatic rings. The number of hydrogen-bond donors (Lipinski definition) is 1. The summed E-state index contributed by atoms with van der Waals surface area (Å²) in [5.74, 6) is 0.580. The lowest BCUT2D eigenvalue weighted by molar-refractivity contribution is 0.0498. The fourth-order valence-corrected chi connectivity index (χ4v) is 2.58. The standard InChI is InChI=1S/C13H19N3OS/c1-9-4-6-16(8-12(9)17-2)11-7-15-5-3-10(11)13(14)18/h3,5,7,9,12H,4,6,8H2,1-2H3,(H2,14,18). The summed E-state index contributed by atoms with van der Waals surface area (Å²) in [4.78, 5) is 6.85. The van der Waals surface area contributed by atoms with E-state index in [1.54, 1.807) is 13.3 Å². The Morgan fingerprint density at radius 3 is 3.06 bits per heavy atom. The summed E-state index contributed by atoms with van der Waals surface area (Å²) in [7, 11) is 1.77. The number of pyridine rings is 1. The first kappa shape index (κ1) is 13.2. The maximum atomic E-state index is 5.76. The first-order valence-electron chi connectivity index (χ1n) is 6.15. The van der Waals surface area contributed by atoms with Crippen molar-refractivity contribution in [3.63, 3.8) is 0 Å². The fourth-order valence-electron chi connectivity index (χ4n) is 2.41. The molecule has 1 fully saturated rings. The number of aromatic nitrogens is 1. The Labute approximate surface area is 113 Å². The Hall–Kier alpha value is -1.20. The number of nitrogens with zero attached hydrogens (tertiary/aromatic N) is 2. The molecule has 98 valence electrons. The molecule has 2 atom stereocenters. The van der Waals surface area contributed by atoms with Gasteiger partial charge in [0.15, 0.2) is 0 Å². The van der Waals surface area contributed by atoms with Crippen LogP contribution >= 0.6 is 12.2 Å². The van der Waals surface area contributed by atoms with Crippen LogP contribution in [0.25, 0.3) is 0 Å². The number of ether oxygens (including phenoxy) is 1. The van der Waals surface area contributed by atoms with Crippen LogP contribution in [-0.4, -0.2) is 36.3 Å². The van der Waals surface area contributed by atoms with Crippen LogP contribution in [0.3, 0.4) is 0 Å². The molecule has 5 heteroatoms. The number of piperidine rings is 1. The topological polar surface area (TPSA) is 51.4 Å². The zero-order valence-electron chi connectivity index (χ0n) is 10.8. The van der Waals surface area contributed by atoms with Crippen LogP contribution in [0.15, 0.2) is 18.5 Å². The third kappa shape index (κ3) is 2.62. The van der Waals surface area contributed by atoms with E-state index in [2.05, 4.69) is 16.8 Å². The number of hydrogen-bond acceptors (Lipinski definition) is 4. The molecule has 18 heavy (non-hydrogen) atoms. The number of thiocarbonyl (C=S) groups is 1. The third-order valence-electron chi connectivity index (χ3n) is 3.60. The van der Waals surface area contributed by atoms with Crippen molar-refractivity contribution >= 4 is 22.9 Å². The van der Waals surface area contributed by atoms with Crippen molar-refractivity contribution in [3.05, 3.63) is 24.0 Å². The molecular weight excluding hydrogens is 246 g/mol. The Kier molecular flexibility index (Phi) is 4.14. The maximum absolute atomic E-state index is 5.76. The second-order valence-electron chi connectivity index (χ2n) is 4.74. The van der Waals surface area contributed by atoms with Gasteiger partial charge in [-0.15, -0.1) is 0 Å². The SMILES string of the molecule is COC1CN(c2cnccc2C(N)=S)CCC1C. The molecule has 0 bridgehead atoms. The molecule has 2 rings (SSSR count). The van der Waals surface area contributed by atoms with Gasteiger partial charge in [0.1, 0.15) is 4.99 Å². The summed E-state index contributed by atoms with van der Waals surface area (Å²) in [6, 6.07) is 1.87. The van der Waals surface area contributed by atoms with Crippen molar-refractivity contribution < 1.29 is 4.74 Å². The van der Waals surface area contributed by atoms with Gasteiger partial charge in [0, 0.05) is 32.0 Å². The van der Waals surface area contributed by atoms with E-state index in [4.69, 9.17) is 22.7 Å². The summed E-state index contributed by atoms with van der Waals surface area (Å²) < 4.78 is 5.53. The number of nitrogens with two attached hydrogens (primary N) is 1. The summed E-state index contributed by atoms with van der Waals surface area (Å²) in [6.07, 6.45) is 4.90.